The molecule has 2 N–H and O–H groups in total. The van der Waals surface area contributed by atoms with Crippen LogP contribution in [0.4, 0.5) is 10.1 Å². The Hall–Kier alpha value is -4.12. The molecular weight excluding hydrogens is 401 g/mol. The number of methoxy groups -OCH3 is 2. The van der Waals surface area contributed by atoms with Crippen molar-refractivity contribution in [1.29, 1.82) is 5.26 Å². The van der Waals surface area contributed by atoms with E-state index in [1.807, 2.05) is 0 Å². The quantitative estimate of drug-likeness (QED) is 0.757. The predicted molar refractivity (Wildman–Crippen MR) is 111 cm³/mol. The molecule has 0 spiro atoms. The molecule has 0 aliphatic carbocycles. The number of allylic oxidation sites excluding steroid dienone is 1. The maximum Gasteiger partial charge on any atom is 0.355 e. The number of halogens is 1. The topological polar surface area (TPSA) is 106 Å². The Morgan fingerprint density at radius 2 is 1.74 bits per heavy atom. The third-order valence-corrected chi connectivity index (χ3v) is 5.01. The molecule has 1 aliphatic heterocycles. The molecule has 0 radical (unpaired) electrons. The highest BCUT2D eigenvalue weighted by molar-refractivity contribution is 6.06. The fraction of sp³-hybridized carbons (Fsp3) is 0.174. The number of nitrogens with zero attached hydrogens (tertiary/aromatic N) is 2. The van der Waals surface area contributed by atoms with Gasteiger partial charge < -0.3 is 15.2 Å². The Bertz CT molecular complexity index is 1150. The monoisotopic (exact) mass is 421 g/mol. The Morgan fingerprint density at radius 1 is 1.10 bits per heavy atom. The minimum absolute atomic E-state index is 0.0444. The first-order valence-electron chi connectivity index (χ1n) is 9.27. The number of nitrogens with two attached hydrogens (primary N) is 1. The summed E-state index contributed by atoms with van der Waals surface area (Å²) in [5, 5.41) is 9.96. The molecule has 1 aliphatic rings. The van der Waals surface area contributed by atoms with Crippen LogP contribution in [-0.4, -0.2) is 26.2 Å². The van der Waals surface area contributed by atoms with E-state index in [0.29, 0.717) is 16.8 Å². The maximum atomic E-state index is 13.7. The van der Waals surface area contributed by atoms with Crippen LogP contribution in [0.5, 0.6) is 0 Å². The number of hydrogen-bond donors (Lipinski definition) is 1. The van der Waals surface area contributed by atoms with Gasteiger partial charge in [0.1, 0.15) is 17.3 Å². The van der Waals surface area contributed by atoms with Crippen molar-refractivity contribution in [3.05, 3.63) is 88.1 Å². The highest BCUT2D eigenvalue weighted by Gasteiger charge is 2.43. The summed E-state index contributed by atoms with van der Waals surface area (Å²) in [5.74, 6) is -3.19. The number of aryl methyl sites for hydroxylation is 1. The summed E-state index contributed by atoms with van der Waals surface area (Å²) in [6.45, 7) is 1.62. The van der Waals surface area contributed by atoms with Gasteiger partial charge in [0.25, 0.3) is 0 Å². The average molecular weight is 421 g/mol. The van der Waals surface area contributed by atoms with Crippen molar-refractivity contribution in [2.45, 2.75) is 12.8 Å². The van der Waals surface area contributed by atoms with E-state index < -0.39 is 23.7 Å². The van der Waals surface area contributed by atoms with E-state index in [4.69, 9.17) is 15.2 Å². The Kier molecular flexibility index (Phi) is 6.07. The second kappa shape index (κ2) is 8.71. The molecule has 158 valence electrons. The van der Waals surface area contributed by atoms with Gasteiger partial charge in [-0.3, -0.25) is 4.90 Å². The lowest BCUT2D eigenvalue weighted by atomic mass is 9.81. The van der Waals surface area contributed by atoms with E-state index in [1.54, 1.807) is 37.3 Å². The van der Waals surface area contributed by atoms with Gasteiger partial charge in [0, 0.05) is 0 Å². The third-order valence-electron chi connectivity index (χ3n) is 5.01. The normalized spacial score (nSPS) is 16.1. The SMILES string of the molecule is COC(=O)C1=C(C(=O)OC)N(c2ccc(F)cc2C)C(N)=C(C#N)C1c1ccccc1. The van der Waals surface area contributed by atoms with Crippen LogP contribution in [0.15, 0.2) is 71.2 Å². The van der Waals surface area contributed by atoms with Crippen LogP contribution in [0.25, 0.3) is 0 Å². The van der Waals surface area contributed by atoms with Gasteiger partial charge in [0.05, 0.1) is 43.0 Å². The van der Waals surface area contributed by atoms with Gasteiger partial charge in [0.2, 0.25) is 0 Å². The Morgan fingerprint density at radius 3 is 2.29 bits per heavy atom. The van der Waals surface area contributed by atoms with Crippen LogP contribution < -0.4 is 10.6 Å². The molecule has 0 saturated carbocycles. The van der Waals surface area contributed by atoms with E-state index in [-0.39, 0.29) is 22.7 Å². The lowest BCUT2D eigenvalue weighted by Gasteiger charge is -2.36. The number of rotatable bonds is 4. The molecule has 7 nitrogen and oxygen atoms in total. The fourth-order valence-electron chi connectivity index (χ4n) is 3.63. The van der Waals surface area contributed by atoms with Gasteiger partial charge in [-0.1, -0.05) is 30.3 Å². The number of esters is 2. The summed E-state index contributed by atoms with van der Waals surface area (Å²) >= 11 is 0. The number of nitriles is 1. The highest BCUT2D eigenvalue weighted by Crippen LogP contribution is 2.43. The molecule has 31 heavy (non-hydrogen) atoms. The van der Waals surface area contributed by atoms with E-state index >= 15 is 0 Å². The van der Waals surface area contributed by atoms with E-state index in [2.05, 4.69) is 6.07 Å². The summed E-state index contributed by atoms with van der Waals surface area (Å²) in [6.07, 6.45) is 0. The first-order chi connectivity index (χ1) is 14.8. The molecule has 1 heterocycles. The number of anilines is 1. The van der Waals surface area contributed by atoms with Crippen LogP contribution in [-0.2, 0) is 19.1 Å². The number of carbonyl (C=O) groups is 2. The highest BCUT2D eigenvalue weighted by atomic mass is 19.1. The van der Waals surface area contributed by atoms with Gasteiger partial charge in [-0.2, -0.15) is 5.26 Å². The van der Waals surface area contributed by atoms with Crippen molar-refractivity contribution in [3.8, 4) is 6.07 Å². The van der Waals surface area contributed by atoms with E-state index in [0.717, 1.165) is 7.11 Å². The molecule has 3 rings (SSSR count). The van der Waals surface area contributed by atoms with Crippen LogP contribution in [0.2, 0.25) is 0 Å². The molecule has 2 aromatic rings. The smallest absolute Gasteiger partial charge is 0.355 e. The zero-order valence-corrected chi connectivity index (χ0v) is 17.2. The average Bonchev–Trinajstić information content (AvgIpc) is 2.78. The molecule has 1 atom stereocenters. The summed E-state index contributed by atoms with van der Waals surface area (Å²) in [4.78, 5) is 27.1. The van der Waals surface area contributed by atoms with Crippen LogP contribution in [0, 0.1) is 24.1 Å². The van der Waals surface area contributed by atoms with Crippen LogP contribution >= 0.6 is 0 Å². The molecule has 8 heteroatoms. The second-order valence-corrected chi connectivity index (χ2v) is 6.77. The van der Waals surface area contributed by atoms with Gasteiger partial charge in [-0.25, -0.2) is 14.0 Å². The standard InChI is InChI=1S/C23H20FN3O4/c1-13-11-15(24)9-10-17(13)27-20(23(29)31-3)19(22(28)30-2)18(16(12-25)21(27)26)14-7-5-4-6-8-14/h4-11,18H,26H2,1-3H3. The third kappa shape index (κ3) is 3.73. The van der Waals surface area contributed by atoms with E-state index in [9.17, 15) is 19.2 Å². The van der Waals surface area contributed by atoms with Gasteiger partial charge in [-0.15, -0.1) is 0 Å². The first-order valence-corrected chi connectivity index (χ1v) is 9.27. The molecule has 0 amide bonds. The predicted octanol–water partition coefficient (Wildman–Crippen LogP) is 3.03. The Balaban J connectivity index is 2.43. The van der Waals surface area contributed by atoms with Gasteiger partial charge in [0.15, 0.2) is 0 Å². The van der Waals surface area contributed by atoms with Crippen molar-refractivity contribution >= 4 is 17.6 Å². The summed E-state index contributed by atoms with van der Waals surface area (Å²) in [7, 11) is 2.34. The maximum absolute atomic E-state index is 13.7. The lowest BCUT2D eigenvalue weighted by molar-refractivity contribution is -0.139. The molecular formula is C23H20FN3O4. The number of hydrogen-bond acceptors (Lipinski definition) is 7. The van der Waals surface area contributed by atoms with Crippen LogP contribution in [0.3, 0.4) is 0 Å². The molecule has 1 unspecified atom stereocenters. The molecule has 0 aromatic heterocycles. The van der Waals surface area contributed by atoms with Crippen molar-refractivity contribution in [2.75, 3.05) is 19.1 Å². The number of carbonyl (C=O) groups excluding carboxylic acids is 2. The van der Waals surface area contributed by atoms with Crippen molar-refractivity contribution in [1.82, 2.24) is 0 Å². The molecule has 2 aromatic carbocycles. The van der Waals surface area contributed by atoms with Crippen molar-refractivity contribution in [3.63, 3.8) is 0 Å². The van der Waals surface area contributed by atoms with Gasteiger partial charge in [-0.05, 0) is 36.2 Å². The fourth-order valence-corrected chi connectivity index (χ4v) is 3.63. The first kappa shape index (κ1) is 21.6. The minimum Gasteiger partial charge on any atom is -0.466 e. The minimum atomic E-state index is -0.954. The number of benzene rings is 2. The van der Waals surface area contributed by atoms with E-state index in [1.165, 1.54) is 30.2 Å². The molecule has 0 saturated heterocycles. The van der Waals surface area contributed by atoms with Crippen molar-refractivity contribution < 1.29 is 23.5 Å². The summed E-state index contributed by atoms with van der Waals surface area (Å²) < 4.78 is 23.6. The number of ether oxygens (including phenoxy) is 2. The summed E-state index contributed by atoms with van der Waals surface area (Å²) in [5.41, 5.74) is 7.45. The Labute approximate surface area is 178 Å². The largest absolute Gasteiger partial charge is 0.466 e. The van der Waals surface area contributed by atoms with Gasteiger partial charge >= 0.3 is 11.9 Å². The molecule has 0 bridgehead atoms. The lowest BCUT2D eigenvalue weighted by Crippen LogP contribution is -2.41. The van der Waals surface area contributed by atoms with Crippen LogP contribution in [0.1, 0.15) is 17.0 Å². The molecule has 0 fully saturated rings. The second-order valence-electron chi connectivity index (χ2n) is 6.77. The van der Waals surface area contributed by atoms with Crippen molar-refractivity contribution in [2.24, 2.45) is 5.73 Å². The zero-order chi connectivity index (χ0) is 22.7. The summed E-state index contributed by atoms with van der Waals surface area (Å²) in [6, 6.07) is 14.6. The zero-order valence-electron chi connectivity index (χ0n) is 17.2.